The van der Waals surface area contributed by atoms with Gasteiger partial charge in [0.25, 0.3) is 0 Å². The van der Waals surface area contributed by atoms with Crippen LogP contribution in [0.1, 0.15) is 11.1 Å². The molecule has 1 amide bonds. The molecule has 0 unspecified atom stereocenters. The number of nitrogens with zero attached hydrogens (tertiary/aromatic N) is 1. The Hall–Kier alpha value is -3.69. The summed E-state index contributed by atoms with van der Waals surface area (Å²) in [6, 6.07) is 20.5. The molecule has 0 spiro atoms. The first-order chi connectivity index (χ1) is 15.3. The molecular formula is C23H21N3O5S. The number of aryl methyl sites for hydroxylation is 1. The van der Waals surface area contributed by atoms with Crippen molar-refractivity contribution in [1.82, 2.24) is 9.29 Å². The maximum atomic E-state index is 12.6. The molecule has 0 atom stereocenters. The van der Waals surface area contributed by atoms with Crippen molar-refractivity contribution in [3.8, 4) is 0 Å². The lowest BCUT2D eigenvalue weighted by Gasteiger charge is -2.08. The molecule has 4 rings (SSSR count). The Morgan fingerprint density at radius 3 is 2.44 bits per heavy atom. The average Bonchev–Trinajstić information content (AvgIpc) is 3.09. The van der Waals surface area contributed by atoms with Gasteiger partial charge in [0.1, 0.15) is 6.54 Å². The largest absolute Gasteiger partial charge is 0.420 e. The molecule has 0 saturated carbocycles. The minimum Gasteiger partial charge on any atom is -0.408 e. The van der Waals surface area contributed by atoms with Crippen LogP contribution in [0.4, 0.5) is 5.69 Å². The Balaban J connectivity index is 1.52. The summed E-state index contributed by atoms with van der Waals surface area (Å²) in [5.41, 5.74) is 2.90. The lowest BCUT2D eigenvalue weighted by atomic mass is 10.2. The molecule has 0 aliphatic carbocycles. The monoisotopic (exact) mass is 451 g/mol. The van der Waals surface area contributed by atoms with E-state index in [9.17, 15) is 18.0 Å². The lowest BCUT2D eigenvalue weighted by molar-refractivity contribution is -0.116. The van der Waals surface area contributed by atoms with Crippen molar-refractivity contribution in [2.24, 2.45) is 0 Å². The van der Waals surface area contributed by atoms with Crippen molar-refractivity contribution in [2.45, 2.75) is 24.9 Å². The number of anilines is 1. The summed E-state index contributed by atoms with van der Waals surface area (Å²) in [4.78, 5) is 24.6. The summed E-state index contributed by atoms with van der Waals surface area (Å²) in [6.45, 7) is 1.80. The predicted molar refractivity (Wildman–Crippen MR) is 121 cm³/mol. The highest BCUT2D eigenvalue weighted by Gasteiger charge is 2.18. The van der Waals surface area contributed by atoms with Gasteiger partial charge < -0.3 is 9.73 Å². The van der Waals surface area contributed by atoms with Crippen molar-refractivity contribution in [3.05, 3.63) is 94.5 Å². The van der Waals surface area contributed by atoms with Crippen LogP contribution in [-0.2, 0) is 27.9 Å². The number of fused-ring (bicyclic) bond motifs is 1. The molecule has 0 saturated heterocycles. The summed E-state index contributed by atoms with van der Waals surface area (Å²) in [6.07, 6.45) is 0. The van der Waals surface area contributed by atoms with Crippen molar-refractivity contribution < 1.29 is 17.6 Å². The van der Waals surface area contributed by atoms with E-state index in [4.69, 9.17) is 4.42 Å². The Morgan fingerprint density at radius 2 is 1.72 bits per heavy atom. The molecule has 164 valence electrons. The van der Waals surface area contributed by atoms with Crippen molar-refractivity contribution in [3.63, 3.8) is 0 Å². The molecule has 1 heterocycles. The number of benzene rings is 3. The molecular weight excluding hydrogens is 430 g/mol. The van der Waals surface area contributed by atoms with Gasteiger partial charge in [-0.15, -0.1) is 0 Å². The molecule has 0 fully saturated rings. The van der Waals surface area contributed by atoms with E-state index in [1.165, 1.54) is 18.2 Å². The van der Waals surface area contributed by atoms with E-state index in [0.29, 0.717) is 11.2 Å². The van der Waals surface area contributed by atoms with Crippen LogP contribution in [0.15, 0.2) is 86.9 Å². The van der Waals surface area contributed by atoms with Crippen LogP contribution >= 0.6 is 0 Å². The zero-order valence-electron chi connectivity index (χ0n) is 17.2. The average molecular weight is 452 g/mol. The Bertz CT molecular complexity index is 1420. The van der Waals surface area contributed by atoms with Gasteiger partial charge in [-0.25, -0.2) is 17.9 Å². The van der Waals surface area contributed by atoms with Gasteiger partial charge in [-0.05, 0) is 36.8 Å². The van der Waals surface area contributed by atoms with Gasteiger partial charge in [0.05, 0.1) is 10.4 Å². The predicted octanol–water partition coefficient (Wildman–Crippen LogP) is 3.02. The zero-order valence-corrected chi connectivity index (χ0v) is 18.1. The van der Waals surface area contributed by atoms with Gasteiger partial charge in [0.15, 0.2) is 5.58 Å². The summed E-state index contributed by atoms with van der Waals surface area (Å²) in [7, 11) is -3.82. The first-order valence-corrected chi connectivity index (χ1v) is 11.3. The Kier molecular flexibility index (Phi) is 5.93. The van der Waals surface area contributed by atoms with Gasteiger partial charge in [-0.3, -0.25) is 9.36 Å². The SMILES string of the molecule is Cc1ccc(NC(=O)Cn2c(=O)oc3cc(S(=O)(=O)NCc4ccccc4)ccc32)cc1. The van der Waals surface area contributed by atoms with Gasteiger partial charge in [0.2, 0.25) is 15.9 Å². The van der Waals surface area contributed by atoms with Crippen LogP contribution in [0.25, 0.3) is 11.1 Å². The second-order valence-electron chi connectivity index (χ2n) is 7.31. The van der Waals surface area contributed by atoms with Crippen LogP contribution in [-0.4, -0.2) is 18.9 Å². The molecule has 8 nitrogen and oxygen atoms in total. The van der Waals surface area contributed by atoms with Crippen molar-refractivity contribution in [1.29, 1.82) is 0 Å². The molecule has 2 N–H and O–H groups in total. The van der Waals surface area contributed by atoms with Crippen LogP contribution in [0, 0.1) is 6.92 Å². The fraction of sp³-hybridized carbons (Fsp3) is 0.130. The van der Waals surface area contributed by atoms with Crippen molar-refractivity contribution >= 4 is 32.7 Å². The number of hydrogen-bond acceptors (Lipinski definition) is 5. The Morgan fingerprint density at radius 1 is 1.00 bits per heavy atom. The first-order valence-electron chi connectivity index (χ1n) is 9.85. The number of oxazole rings is 1. The molecule has 3 aromatic carbocycles. The number of rotatable bonds is 7. The normalized spacial score (nSPS) is 11.5. The molecule has 1 aromatic heterocycles. The molecule has 0 aliphatic heterocycles. The minimum absolute atomic E-state index is 0.0362. The third-order valence-electron chi connectivity index (χ3n) is 4.90. The highest BCUT2D eigenvalue weighted by Crippen LogP contribution is 2.19. The summed E-state index contributed by atoms with van der Waals surface area (Å²) in [5, 5.41) is 2.72. The van der Waals surface area contributed by atoms with E-state index in [2.05, 4.69) is 10.0 Å². The molecule has 0 aliphatic rings. The highest BCUT2D eigenvalue weighted by atomic mass is 32.2. The zero-order chi connectivity index (χ0) is 22.7. The number of aromatic nitrogens is 1. The first kappa shape index (κ1) is 21.5. The van der Waals surface area contributed by atoms with Crippen LogP contribution in [0.3, 0.4) is 0 Å². The summed E-state index contributed by atoms with van der Waals surface area (Å²) < 4.78 is 34.2. The second-order valence-corrected chi connectivity index (χ2v) is 9.07. The van der Waals surface area contributed by atoms with Gasteiger partial charge >= 0.3 is 5.76 Å². The van der Waals surface area contributed by atoms with E-state index < -0.39 is 21.7 Å². The van der Waals surface area contributed by atoms with Crippen molar-refractivity contribution in [2.75, 3.05) is 5.32 Å². The molecule has 9 heteroatoms. The Labute approximate surface area is 184 Å². The summed E-state index contributed by atoms with van der Waals surface area (Å²) in [5.74, 6) is -1.15. The molecule has 0 radical (unpaired) electrons. The number of carbonyl (C=O) groups excluding carboxylic acids is 1. The summed E-state index contributed by atoms with van der Waals surface area (Å²) >= 11 is 0. The standard InChI is InChI=1S/C23H21N3O5S/c1-16-7-9-18(10-8-16)25-22(27)15-26-20-12-11-19(13-21(20)31-23(26)28)32(29,30)24-14-17-5-3-2-4-6-17/h2-13,24H,14-15H2,1H3,(H,25,27). The third kappa shape index (κ3) is 4.79. The number of nitrogens with one attached hydrogen (secondary N) is 2. The van der Waals surface area contributed by atoms with Gasteiger partial charge in [-0.1, -0.05) is 48.0 Å². The van der Waals surface area contributed by atoms with Gasteiger partial charge in [0, 0.05) is 18.3 Å². The van der Waals surface area contributed by atoms with E-state index >= 15 is 0 Å². The van der Waals surface area contributed by atoms with Crippen LogP contribution in [0.2, 0.25) is 0 Å². The number of hydrogen-bond donors (Lipinski definition) is 2. The quantitative estimate of drug-likeness (QED) is 0.449. The fourth-order valence-electron chi connectivity index (χ4n) is 3.20. The number of amides is 1. The van der Waals surface area contributed by atoms with E-state index in [-0.39, 0.29) is 23.6 Å². The maximum Gasteiger partial charge on any atom is 0.420 e. The number of sulfonamides is 1. The van der Waals surface area contributed by atoms with E-state index in [1.807, 2.05) is 49.4 Å². The molecule has 4 aromatic rings. The second kappa shape index (κ2) is 8.81. The van der Waals surface area contributed by atoms with E-state index in [0.717, 1.165) is 15.7 Å². The van der Waals surface area contributed by atoms with E-state index in [1.54, 1.807) is 12.1 Å². The highest BCUT2D eigenvalue weighted by molar-refractivity contribution is 7.89. The van der Waals surface area contributed by atoms with Crippen LogP contribution < -0.4 is 15.8 Å². The fourth-order valence-corrected chi connectivity index (χ4v) is 4.23. The van der Waals surface area contributed by atoms with Gasteiger partial charge in [-0.2, -0.15) is 0 Å². The smallest absolute Gasteiger partial charge is 0.408 e. The topological polar surface area (TPSA) is 110 Å². The maximum absolute atomic E-state index is 12.6. The minimum atomic E-state index is -3.82. The molecule has 32 heavy (non-hydrogen) atoms. The third-order valence-corrected chi connectivity index (χ3v) is 6.30. The molecule has 0 bridgehead atoms. The van der Waals surface area contributed by atoms with Crippen LogP contribution in [0.5, 0.6) is 0 Å². The number of carbonyl (C=O) groups is 1. The lowest BCUT2D eigenvalue weighted by Crippen LogP contribution is -2.24.